The lowest BCUT2D eigenvalue weighted by atomic mass is 10.2. The average Bonchev–Trinajstić information content (AvgIpc) is 2.84. The van der Waals surface area contributed by atoms with Crippen molar-refractivity contribution in [2.75, 3.05) is 6.54 Å². The van der Waals surface area contributed by atoms with Gasteiger partial charge in [0.25, 0.3) is 5.92 Å². The Hall–Kier alpha value is -2.10. The van der Waals surface area contributed by atoms with Crippen molar-refractivity contribution < 1.29 is 18.7 Å². The molecule has 10 heteroatoms. The van der Waals surface area contributed by atoms with Crippen LogP contribution in [0.25, 0.3) is 11.4 Å². The number of rotatable bonds is 7. The Balaban J connectivity index is 2.51. The number of aliphatic hydroxyl groups excluding tert-OH is 1. The molecule has 0 saturated carbocycles. The largest absolute Gasteiger partial charge is 0.385 e. The topological polar surface area (TPSA) is 103 Å². The van der Waals surface area contributed by atoms with Crippen molar-refractivity contribution in [2.45, 2.75) is 32.0 Å². The van der Waals surface area contributed by atoms with E-state index in [-0.39, 0.29) is 18.9 Å². The molecule has 3 N–H and O–H groups in total. The van der Waals surface area contributed by atoms with Gasteiger partial charge in [-0.25, -0.2) is 18.3 Å². The Labute approximate surface area is 146 Å². The van der Waals surface area contributed by atoms with Crippen LogP contribution in [0, 0.1) is 0 Å². The lowest BCUT2D eigenvalue weighted by molar-refractivity contribution is -0.118. The number of hydrogen-bond acceptors (Lipinski definition) is 5. The molecule has 0 aliphatic carbocycles. The summed E-state index contributed by atoms with van der Waals surface area (Å²) in [6.45, 7) is -0.809. The number of carbonyl (C=O) groups excluding carboxylic acids is 1. The van der Waals surface area contributed by atoms with Gasteiger partial charge in [0, 0.05) is 17.5 Å². The second kappa shape index (κ2) is 7.42. The number of nitrogens with zero attached hydrogens (tertiary/aromatic N) is 3. The monoisotopic (exact) mass is 374 g/mol. The highest BCUT2D eigenvalue weighted by Gasteiger charge is 2.34. The Morgan fingerprint density at radius 2 is 2.00 bits per heavy atom. The molecular formula is C15H17ClF2N4O3. The molecule has 1 heterocycles. The molecule has 0 aliphatic heterocycles. The van der Waals surface area contributed by atoms with Gasteiger partial charge in [0.1, 0.15) is 12.6 Å². The highest BCUT2D eigenvalue weighted by molar-refractivity contribution is 6.30. The molecule has 0 aliphatic rings. The minimum absolute atomic E-state index is 0.0368. The first kappa shape index (κ1) is 19.2. The fraction of sp³-hybridized carbons (Fsp3) is 0.400. The Kier molecular flexibility index (Phi) is 5.71. The number of hydrogen-bond donors (Lipinski definition) is 2. The summed E-state index contributed by atoms with van der Waals surface area (Å²) in [5.41, 5.74) is 4.85. The van der Waals surface area contributed by atoms with Crippen LogP contribution >= 0.6 is 11.6 Å². The second-order valence-corrected chi connectivity index (χ2v) is 6.03. The molecule has 0 spiro atoms. The third-order valence-corrected chi connectivity index (χ3v) is 3.77. The number of benzene rings is 1. The van der Waals surface area contributed by atoms with Crippen LogP contribution in [-0.4, -0.2) is 43.8 Å². The summed E-state index contributed by atoms with van der Waals surface area (Å²) in [5.74, 6) is -3.82. The van der Waals surface area contributed by atoms with E-state index in [2.05, 4.69) is 5.10 Å². The van der Waals surface area contributed by atoms with Crippen molar-refractivity contribution >= 4 is 17.4 Å². The molecule has 1 atom stereocenters. The molecule has 0 amide bonds. The quantitative estimate of drug-likeness (QED) is 0.749. The first-order chi connectivity index (χ1) is 11.6. The Morgan fingerprint density at radius 1 is 1.40 bits per heavy atom. The number of Topliss-reactive ketones (excluding diaryl/α,β-unsaturated/α-hetero) is 1. The average molecular weight is 375 g/mol. The van der Waals surface area contributed by atoms with Crippen molar-refractivity contribution in [1.29, 1.82) is 0 Å². The zero-order valence-corrected chi connectivity index (χ0v) is 14.1. The van der Waals surface area contributed by atoms with Gasteiger partial charge < -0.3 is 10.8 Å². The van der Waals surface area contributed by atoms with Gasteiger partial charge in [-0.3, -0.25) is 9.36 Å². The van der Waals surface area contributed by atoms with Crippen molar-refractivity contribution in [1.82, 2.24) is 14.3 Å². The van der Waals surface area contributed by atoms with Crippen LogP contribution in [0.1, 0.15) is 6.92 Å². The zero-order valence-electron chi connectivity index (χ0n) is 13.3. The minimum Gasteiger partial charge on any atom is -0.385 e. The summed E-state index contributed by atoms with van der Waals surface area (Å²) >= 11 is 5.82. The summed E-state index contributed by atoms with van der Waals surface area (Å²) in [5, 5.41) is 14.1. The van der Waals surface area contributed by atoms with Crippen LogP contribution in [0.5, 0.6) is 0 Å². The highest BCUT2D eigenvalue weighted by Crippen LogP contribution is 2.22. The number of halogens is 3. The normalized spacial score (nSPS) is 13.0. The first-order valence-electron chi connectivity index (χ1n) is 7.34. The maximum atomic E-state index is 13.3. The molecule has 25 heavy (non-hydrogen) atoms. The van der Waals surface area contributed by atoms with Crippen molar-refractivity contribution in [2.24, 2.45) is 5.73 Å². The fourth-order valence-corrected chi connectivity index (χ4v) is 2.21. The number of nitrogens with two attached hydrogens (primary N) is 1. The van der Waals surface area contributed by atoms with Crippen LogP contribution in [0.15, 0.2) is 29.1 Å². The fourth-order valence-electron chi connectivity index (χ4n) is 2.09. The maximum absolute atomic E-state index is 13.3. The molecule has 1 aromatic carbocycles. The predicted octanol–water partition coefficient (Wildman–Crippen LogP) is 0.909. The van der Waals surface area contributed by atoms with E-state index in [9.17, 15) is 23.5 Å². The van der Waals surface area contributed by atoms with Crippen molar-refractivity contribution in [3.05, 3.63) is 39.8 Å². The standard InChI is InChI=1S/C15H17ClF2N4O3/c1-15(17,18)12(24)8-21-13(9-2-4-10(16)5-3-9)20-22(14(21)25)7-11(23)6-19/h2-5,12,24H,6-8,19H2,1H3. The molecule has 2 aromatic rings. The van der Waals surface area contributed by atoms with Crippen LogP contribution in [0.2, 0.25) is 5.02 Å². The number of ketones is 1. The molecule has 136 valence electrons. The summed E-state index contributed by atoms with van der Waals surface area (Å²) in [6, 6.07) is 6.18. The number of carbonyl (C=O) groups is 1. The van der Waals surface area contributed by atoms with E-state index in [4.69, 9.17) is 17.3 Å². The van der Waals surface area contributed by atoms with Crippen LogP contribution in [0.4, 0.5) is 8.78 Å². The second-order valence-electron chi connectivity index (χ2n) is 5.60. The van der Waals surface area contributed by atoms with Crippen LogP contribution < -0.4 is 11.4 Å². The summed E-state index contributed by atoms with van der Waals surface area (Å²) in [4.78, 5) is 23.9. The lowest BCUT2D eigenvalue weighted by Gasteiger charge is -2.18. The van der Waals surface area contributed by atoms with Gasteiger partial charge in [-0.15, -0.1) is 5.10 Å². The smallest absolute Gasteiger partial charge is 0.346 e. The molecule has 0 radical (unpaired) electrons. The van der Waals surface area contributed by atoms with E-state index in [0.717, 1.165) is 9.25 Å². The van der Waals surface area contributed by atoms with Gasteiger partial charge >= 0.3 is 5.69 Å². The number of aliphatic hydroxyl groups is 1. The van der Waals surface area contributed by atoms with Crippen LogP contribution in [0.3, 0.4) is 0 Å². The molecule has 0 bridgehead atoms. The van der Waals surface area contributed by atoms with E-state index in [1.807, 2.05) is 0 Å². The van der Waals surface area contributed by atoms with E-state index in [1.165, 1.54) is 0 Å². The van der Waals surface area contributed by atoms with Gasteiger partial charge in [-0.2, -0.15) is 0 Å². The lowest BCUT2D eigenvalue weighted by Crippen LogP contribution is -2.38. The van der Waals surface area contributed by atoms with Gasteiger partial charge in [0.2, 0.25) is 0 Å². The van der Waals surface area contributed by atoms with Crippen LogP contribution in [-0.2, 0) is 17.9 Å². The summed E-state index contributed by atoms with van der Waals surface area (Å²) < 4.78 is 28.4. The first-order valence-corrected chi connectivity index (χ1v) is 7.72. The van der Waals surface area contributed by atoms with E-state index in [1.54, 1.807) is 24.3 Å². The van der Waals surface area contributed by atoms with Crippen molar-refractivity contribution in [3.8, 4) is 11.4 Å². The van der Waals surface area contributed by atoms with Crippen molar-refractivity contribution in [3.63, 3.8) is 0 Å². The van der Waals surface area contributed by atoms with Gasteiger partial charge in [0.05, 0.1) is 13.1 Å². The summed E-state index contributed by atoms with van der Waals surface area (Å²) in [6.07, 6.45) is -2.10. The molecule has 0 saturated heterocycles. The van der Waals surface area contributed by atoms with Gasteiger partial charge in [0.15, 0.2) is 11.6 Å². The third kappa shape index (κ3) is 4.50. The molecule has 1 unspecified atom stereocenters. The predicted molar refractivity (Wildman–Crippen MR) is 87.6 cm³/mol. The molecule has 0 fully saturated rings. The minimum atomic E-state index is -3.41. The number of alkyl halides is 2. The zero-order chi connectivity index (χ0) is 18.8. The molecule has 1 aromatic heterocycles. The maximum Gasteiger partial charge on any atom is 0.346 e. The molecule has 7 nitrogen and oxygen atoms in total. The van der Waals surface area contributed by atoms with E-state index >= 15 is 0 Å². The van der Waals surface area contributed by atoms with E-state index < -0.39 is 30.0 Å². The highest BCUT2D eigenvalue weighted by atomic mass is 35.5. The molecular weight excluding hydrogens is 358 g/mol. The third-order valence-electron chi connectivity index (χ3n) is 3.52. The van der Waals surface area contributed by atoms with Gasteiger partial charge in [-0.05, 0) is 24.3 Å². The van der Waals surface area contributed by atoms with Gasteiger partial charge in [-0.1, -0.05) is 11.6 Å². The molecule has 2 rings (SSSR count). The summed E-state index contributed by atoms with van der Waals surface area (Å²) in [7, 11) is 0. The Morgan fingerprint density at radius 3 is 2.52 bits per heavy atom. The Bertz CT molecular complexity index is 812. The van der Waals surface area contributed by atoms with E-state index in [0.29, 0.717) is 17.5 Å². The number of aromatic nitrogens is 3. The SMILES string of the molecule is CC(F)(F)C(O)Cn1c(-c2ccc(Cl)cc2)nn(CC(=O)CN)c1=O.